The fourth-order valence-corrected chi connectivity index (χ4v) is 3.28. The number of rotatable bonds is 4. The van der Waals surface area contributed by atoms with E-state index < -0.39 is 0 Å². The maximum absolute atomic E-state index is 5.57. The predicted molar refractivity (Wildman–Crippen MR) is 101 cm³/mol. The molecule has 0 atom stereocenters. The zero-order valence-electron chi connectivity index (χ0n) is 14.6. The SMILES string of the molecule is Cn1c(-c2ccncc2)nn(CN2CCN(c3cnccn3)CC2)c1=S. The molecule has 0 aromatic carbocycles. The van der Waals surface area contributed by atoms with Crippen LogP contribution in [0.1, 0.15) is 0 Å². The van der Waals surface area contributed by atoms with Gasteiger partial charge in [0.25, 0.3) is 0 Å². The van der Waals surface area contributed by atoms with Gasteiger partial charge >= 0.3 is 0 Å². The molecule has 0 unspecified atom stereocenters. The predicted octanol–water partition coefficient (Wildman–Crippen LogP) is 1.58. The maximum atomic E-state index is 5.57. The summed E-state index contributed by atoms with van der Waals surface area (Å²) in [6, 6.07) is 3.89. The zero-order valence-corrected chi connectivity index (χ0v) is 15.4. The average Bonchev–Trinajstić information content (AvgIpc) is 2.98. The number of anilines is 1. The Morgan fingerprint density at radius 3 is 2.46 bits per heavy atom. The Hall–Kier alpha value is -2.65. The Morgan fingerprint density at radius 1 is 1.00 bits per heavy atom. The van der Waals surface area contributed by atoms with Crippen molar-refractivity contribution >= 4 is 18.0 Å². The molecule has 0 amide bonds. The molecule has 26 heavy (non-hydrogen) atoms. The summed E-state index contributed by atoms with van der Waals surface area (Å²) < 4.78 is 4.55. The monoisotopic (exact) mass is 368 g/mol. The second kappa shape index (κ2) is 7.30. The van der Waals surface area contributed by atoms with Crippen LogP contribution in [0.3, 0.4) is 0 Å². The molecule has 4 rings (SSSR count). The third kappa shape index (κ3) is 3.35. The van der Waals surface area contributed by atoms with Crippen LogP contribution in [-0.4, -0.2) is 60.4 Å². The van der Waals surface area contributed by atoms with Gasteiger partial charge in [-0.1, -0.05) is 0 Å². The number of nitrogens with zero attached hydrogens (tertiary/aromatic N) is 8. The van der Waals surface area contributed by atoms with Gasteiger partial charge in [-0.2, -0.15) is 5.10 Å². The van der Waals surface area contributed by atoms with Crippen LogP contribution in [0.2, 0.25) is 0 Å². The Bertz CT molecular complexity index is 913. The molecule has 1 fully saturated rings. The minimum Gasteiger partial charge on any atom is -0.353 e. The van der Waals surface area contributed by atoms with E-state index in [0.29, 0.717) is 11.4 Å². The number of pyridine rings is 1. The summed E-state index contributed by atoms with van der Waals surface area (Å²) in [5.41, 5.74) is 1.01. The van der Waals surface area contributed by atoms with Crippen LogP contribution in [0.25, 0.3) is 11.4 Å². The van der Waals surface area contributed by atoms with Crippen molar-refractivity contribution in [1.82, 2.24) is 34.2 Å². The Balaban J connectivity index is 1.45. The summed E-state index contributed by atoms with van der Waals surface area (Å²) >= 11 is 5.57. The molecule has 1 aliphatic rings. The molecular weight excluding hydrogens is 348 g/mol. The first-order chi connectivity index (χ1) is 12.7. The third-order valence-electron chi connectivity index (χ3n) is 4.56. The van der Waals surface area contributed by atoms with Gasteiger partial charge in [0.05, 0.1) is 12.9 Å². The van der Waals surface area contributed by atoms with Gasteiger partial charge in [0.15, 0.2) is 10.6 Å². The molecule has 0 aliphatic carbocycles. The fraction of sp³-hybridized carbons (Fsp3) is 0.353. The molecule has 0 spiro atoms. The number of aromatic nitrogens is 6. The van der Waals surface area contributed by atoms with Crippen molar-refractivity contribution in [1.29, 1.82) is 0 Å². The van der Waals surface area contributed by atoms with Crippen molar-refractivity contribution in [2.75, 3.05) is 31.1 Å². The van der Waals surface area contributed by atoms with E-state index in [4.69, 9.17) is 17.3 Å². The lowest BCUT2D eigenvalue weighted by Gasteiger charge is -2.34. The van der Waals surface area contributed by atoms with Crippen LogP contribution in [0.5, 0.6) is 0 Å². The Morgan fingerprint density at radius 2 is 1.77 bits per heavy atom. The van der Waals surface area contributed by atoms with Crippen molar-refractivity contribution in [2.24, 2.45) is 7.05 Å². The summed E-state index contributed by atoms with van der Waals surface area (Å²) in [7, 11) is 1.95. The minimum absolute atomic E-state index is 0.687. The highest BCUT2D eigenvalue weighted by Gasteiger charge is 2.19. The zero-order chi connectivity index (χ0) is 17.9. The van der Waals surface area contributed by atoms with Crippen molar-refractivity contribution in [3.8, 4) is 11.4 Å². The molecule has 134 valence electrons. The minimum atomic E-state index is 0.687. The largest absolute Gasteiger partial charge is 0.353 e. The first-order valence-electron chi connectivity index (χ1n) is 8.50. The number of hydrogen-bond acceptors (Lipinski definition) is 7. The van der Waals surface area contributed by atoms with Gasteiger partial charge in [-0.3, -0.25) is 14.9 Å². The second-order valence-corrected chi connectivity index (χ2v) is 6.58. The van der Waals surface area contributed by atoms with E-state index in [1.807, 2.05) is 34.6 Å². The number of hydrogen-bond donors (Lipinski definition) is 0. The third-order valence-corrected chi connectivity index (χ3v) is 5.04. The van der Waals surface area contributed by atoms with Gasteiger partial charge in [0.2, 0.25) is 0 Å². The highest BCUT2D eigenvalue weighted by atomic mass is 32.1. The van der Waals surface area contributed by atoms with E-state index in [1.165, 1.54) is 0 Å². The lowest BCUT2D eigenvalue weighted by atomic mass is 10.2. The van der Waals surface area contributed by atoms with Crippen LogP contribution in [0.15, 0.2) is 43.1 Å². The normalized spacial score (nSPS) is 15.3. The van der Waals surface area contributed by atoms with Crippen LogP contribution < -0.4 is 4.90 Å². The number of piperazine rings is 1. The summed E-state index contributed by atoms with van der Waals surface area (Å²) in [5.74, 6) is 1.79. The molecule has 0 radical (unpaired) electrons. The lowest BCUT2D eigenvalue weighted by molar-refractivity contribution is 0.194. The molecular formula is C17H20N8S. The van der Waals surface area contributed by atoms with E-state index in [-0.39, 0.29) is 0 Å². The average molecular weight is 368 g/mol. The quantitative estimate of drug-likeness (QED) is 0.648. The molecule has 0 saturated carbocycles. The van der Waals surface area contributed by atoms with E-state index in [9.17, 15) is 0 Å². The van der Waals surface area contributed by atoms with Gasteiger partial charge in [-0.15, -0.1) is 0 Å². The van der Waals surface area contributed by atoms with E-state index in [1.54, 1.807) is 24.8 Å². The molecule has 3 aromatic rings. The van der Waals surface area contributed by atoms with Crippen molar-refractivity contribution in [2.45, 2.75) is 6.67 Å². The van der Waals surface area contributed by atoms with Gasteiger partial charge in [0, 0.05) is 63.6 Å². The van der Waals surface area contributed by atoms with E-state index in [0.717, 1.165) is 43.4 Å². The Labute approximate surface area is 156 Å². The van der Waals surface area contributed by atoms with Crippen LogP contribution in [0.4, 0.5) is 5.82 Å². The van der Waals surface area contributed by atoms with Crippen LogP contribution in [0, 0.1) is 4.77 Å². The first kappa shape index (κ1) is 16.8. The maximum Gasteiger partial charge on any atom is 0.199 e. The standard InChI is InChI=1S/C17H20N8S/c1-22-16(14-2-4-18-5-3-14)21-25(17(22)26)13-23-8-10-24(11-9-23)15-12-19-6-7-20-15/h2-7,12H,8-11,13H2,1H3. The van der Waals surface area contributed by atoms with Crippen molar-refractivity contribution in [3.63, 3.8) is 0 Å². The molecule has 8 nitrogen and oxygen atoms in total. The molecule has 1 saturated heterocycles. The molecule has 9 heteroatoms. The molecule has 0 bridgehead atoms. The van der Waals surface area contributed by atoms with Crippen LogP contribution in [-0.2, 0) is 13.7 Å². The smallest absolute Gasteiger partial charge is 0.199 e. The first-order valence-corrected chi connectivity index (χ1v) is 8.91. The summed E-state index contributed by atoms with van der Waals surface area (Å²) in [5, 5.41) is 4.72. The van der Waals surface area contributed by atoms with Crippen LogP contribution >= 0.6 is 12.2 Å². The molecule has 3 aromatic heterocycles. The van der Waals surface area contributed by atoms with Crippen molar-refractivity contribution in [3.05, 3.63) is 47.9 Å². The molecule has 0 N–H and O–H groups in total. The summed E-state index contributed by atoms with van der Waals surface area (Å²) in [6.07, 6.45) is 8.77. The molecule has 1 aliphatic heterocycles. The molecule has 4 heterocycles. The summed E-state index contributed by atoms with van der Waals surface area (Å²) in [4.78, 5) is 17.2. The fourth-order valence-electron chi connectivity index (χ4n) is 3.09. The second-order valence-electron chi connectivity index (χ2n) is 6.21. The van der Waals surface area contributed by atoms with E-state index in [2.05, 4.69) is 24.8 Å². The highest BCUT2D eigenvalue weighted by Crippen LogP contribution is 2.17. The van der Waals surface area contributed by atoms with Crippen molar-refractivity contribution < 1.29 is 0 Å². The summed E-state index contributed by atoms with van der Waals surface area (Å²) in [6.45, 7) is 4.37. The highest BCUT2D eigenvalue weighted by molar-refractivity contribution is 7.71. The van der Waals surface area contributed by atoms with Gasteiger partial charge in [-0.25, -0.2) is 9.67 Å². The van der Waals surface area contributed by atoms with Gasteiger partial charge in [0.1, 0.15) is 5.82 Å². The Kier molecular flexibility index (Phi) is 4.72. The van der Waals surface area contributed by atoms with Gasteiger partial charge < -0.3 is 9.47 Å². The topological polar surface area (TPSA) is 67.9 Å². The lowest BCUT2D eigenvalue weighted by Crippen LogP contribution is -2.47. The van der Waals surface area contributed by atoms with E-state index >= 15 is 0 Å². The van der Waals surface area contributed by atoms with Gasteiger partial charge in [-0.05, 0) is 24.4 Å².